The van der Waals surface area contributed by atoms with Crippen molar-refractivity contribution in [2.75, 3.05) is 36.0 Å². The molecular formula is C15H21N5O2. The minimum absolute atomic E-state index is 0.171. The Kier molecular flexibility index (Phi) is 3.37. The molecule has 1 amide bonds. The minimum atomic E-state index is -0.181. The van der Waals surface area contributed by atoms with Gasteiger partial charge in [0.05, 0.1) is 12.1 Å². The third-order valence-electron chi connectivity index (χ3n) is 4.99. The highest BCUT2D eigenvalue weighted by molar-refractivity contribution is 5.79. The molecule has 0 bridgehead atoms. The van der Waals surface area contributed by atoms with Crippen molar-refractivity contribution >= 4 is 17.5 Å². The van der Waals surface area contributed by atoms with Gasteiger partial charge >= 0.3 is 0 Å². The van der Waals surface area contributed by atoms with Gasteiger partial charge in [0, 0.05) is 44.6 Å². The average molecular weight is 303 g/mol. The smallest absolute Gasteiger partial charge is 0.220 e. The van der Waals surface area contributed by atoms with E-state index in [2.05, 4.69) is 25.1 Å². The predicted molar refractivity (Wildman–Crippen MR) is 81.7 cm³/mol. The Hall–Kier alpha value is -1.89. The quantitative estimate of drug-likeness (QED) is 0.785. The van der Waals surface area contributed by atoms with Crippen molar-refractivity contribution in [3.05, 3.63) is 12.4 Å². The van der Waals surface area contributed by atoms with Gasteiger partial charge in [0.1, 0.15) is 18.0 Å². The van der Waals surface area contributed by atoms with Crippen LogP contribution in [0.5, 0.6) is 0 Å². The maximum Gasteiger partial charge on any atom is 0.220 e. The van der Waals surface area contributed by atoms with E-state index in [9.17, 15) is 9.90 Å². The number of aromatic nitrogens is 2. The van der Waals surface area contributed by atoms with Crippen LogP contribution in [0.4, 0.5) is 11.6 Å². The van der Waals surface area contributed by atoms with Crippen molar-refractivity contribution in [3.8, 4) is 0 Å². The number of hydrogen-bond acceptors (Lipinski definition) is 6. The molecule has 0 aliphatic carbocycles. The number of aliphatic hydroxyl groups is 1. The van der Waals surface area contributed by atoms with Gasteiger partial charge in [-0.15, -0.1) is 0 Å². The molecule has 3 aliphatic heterocycles. The predicted octanol–water partition coefficient (Wildman–Crippen LogP) is -0.238. The maximum atomic E-state index is 11.4. The summed E-state index contributed by atoms with van der Waals surface area (Å²) in [5, 5.41) is 12.6. The second-order valence-electron chi connectivity index (χ2n) is 6.50. The third kappa shape index (κ3) is 2.49. The summed E-state index contributed by atoms with van der Waals surface area (Å²) in [6.07, 6.45) is 3.64. The minimum Gasteiger partial charge on any atom is -0.393 e. The topological polar surface area (TPSA) is 81.6 Å². The summed E-state index contributed by atoms with van der Waals surface area (Å²) in [6, 6.07) is 2.29. The van der Waals surface area contributed by atoms with E-state index in [1.54, 1.807) is 6.33 Å². The molecule has 4 heterocycles. The lowest BCUT2D eigenvalue weighted by atomic mass is 10.1. The Morgan fingerprint density at radius 2 is 1.86 bits per heavy atom. The number of piperidine rings is 1. The molecule has 3 aliphatic rings. The highest BCUT2D eigenvalue weighted by atomic mass is 16.3. The van der Waals surface area contributed by atoms with Crippen LogP contribution in [0, 0.1) is 5.92 Å². The van der Waals surface area contributed by atoms with Gasteiger partial charge in [0.15, 0.2) is 0 Å². The third-order valence-corrected chi connectivity index (χ3v) is 4.99. The second kappa shape index (κ2) is 5.39. The molecule has 2 N–H and O–H groups in total. The molecule has 3 fully saturated rings. The summed E-state index contributed by atoms with van der Waals surface area (Å²) < 4.78 is 0. The van der Waals surface area contributed by atoms with Crippen LogP contribution in [0.15, 0.2) is 12.4 Å². The molecule has 3 saturated heterocycles. The zero-order chi connectivity index (χ0) is 15.1. The number of nitrogens with one attached hydrogen (secondary N) is 1. The van der Waals surface area contributed by atoms with Crippen LogP contribution in [-0.4, -0.2) is 59.3 Å². The fourth-order valence-corrected chi connectivity index (χ4v) is 3.71. The first-order valence-electron chi connectivity index (χ1n) is 7.98. The SMILES string of the molecule is O=C1C[C@H]2CN(c3cc(N4CCC(O)CC4)ncn3)C[C@H]2N1. The number of fused-ring (bicyclic) bond motifs is 1. The second-order valence-corrected chi connectivity index (χ2v) is 6.50. The highest BCUT2D eigenvalue weighted by Crippen LogP contribution is 2.30. The lowest BCUT2D eigenvalue weighted by molar-refractivity contribution is -0.119. The highest BCUT2D eigenvalue weighted by Gasteiger charge is 2.40. The van der Waals surface area contributed by atoms with Crippen molar-refractivity contribution in [3.63, 3.8) is 0 Å². The number of nitrogens with zero attached hydrogens (tertiary/aromatic N) is 4. The zero-order valence-corrected chi connectivity index (χ0v) is 12.5. The molecule has 0 saturated carbocycles. The molecule has 0 unspecified atom stereocenters. The number of aliphatic hydroxyl groups excluding tert-OH is 1. The molecule has 1 aromatic heterocycles. The van der Waals surface area contributed by atoms with E-state index in [1.807, 2.05) is 6.07 Å². The Balaban J connectivity index is 1.47. The zero-order valence-electron chi connectivity index (χ0n) is 12.5. The average Bonchev–Trinajstić information content (AvgIpc) is 3.05. The van der Waals surface area contributed by atoms with E-state index < -0.39 is 0 Å². The number of rotatable bonds is 2. The van der Waals surface area contributed by atoms with Crippen molar-refractivity contribution in [1.82, 2.24) is 15.3 Å². The molecule has 7 nitrogen and oxygen atoms in total. The fourth-order valence-electron chi connectivity index (χ4n) is 3.71. The number of carbonyl (C=O) groups excluding carboxylic acids is 1. The van der Waals surface area contributed by atoms with Crippen molar-refractivity contribution in [1.29, 1.82) is 0 Å². The fraction of sp³-hybridized carbons (Fsp3) is 0.667. The molecule has 0 spiro atoms. The summed E-state index contributed by atoms with van der Waals surface area (Å²) in [5.41, 5.74) is 0. The molecule has 4 rings (SSSR count). The van der Waals surface area contributed by atoms with Crippen LogP contribution in [0.2, 0.25) is 0 Å². The monoisotopic (exact) mass is 303 g/mol. The molecule has 2 atom stereocenters. The van der Waals surface area contributed by atoms with E-state index in [0.717, 1.165) is 50.7 Å². The van der Waals surface area contributed by atoms with Gasteiger partial charge in [-0.25, -0.2) is 9.97 Å². The molecule has 1 aromatic rings. The van der Waals surface area contributed by atoms with Crippen LogP contribution >= 0.6 is 0 Å². The number of anilines is 2. The van der Waals surface area contributed by atoms with Gasteiger partial charge in [-0.1, -0.05) is 0 Å². The van der Waals surface area contributed by atoms with Gasteiger partial charge < -0.3 is 20.2 Å². The van der Waals surface area contributed by atoms with Gasteiger partial charge in [-0.2, -0.15) is 0 Å². The van der Waals surface area contributed by atoms with Crippen LogP contribution in [0.1, 0.15) is 19.3 Å². The number of hydrogen-bond donors (Lipinski definition) is 2. The Bertz CT molecular complexity index is 557. The summed E-state index contributed by atoms with van der Waals surface area (Å²) in [6.45, 7) is 3.36. The largest absolute Gasteiger partial charge is 0.393 e. The van der Waals surface area contributed by atoms with Crippen LogP contribution in [0.25, 0.3) is 0 Å². The summed E-state index contributed by atoms with van der Waals surface area (Å²) in [7, 11) is 0. The van der Waals surface area contributed by atoms with E-state index in [0.29, 0.717) is 12.3 Å². The number of carbonyl (C=O) groups is 1. The van der Waals surface area contributed by atoms with E-state index in [1.165, 1.54) is 0 Å². The summed E-state index contributed by atoms with van der Waals surface area (Å²) in [5.74, 6) is 2.43. The summed E-state index contributed by atoms with van der Waals surface area (Å²) in [4.78, 5) is 24.6. The normalized spacial score (nSPS) is 28.9. The molecule has 22 heavy (non-hydrogen) atoms. The van der Waals surface area contributed by atoms with Crippen LogP contribution in [0.3, 0.4) is 0 Å². The molecular weight excluding hydrogens is 282 g/mol. The molecule has 118 valence electrons. The lowest BCUT2D eigenvalue weighted by Crippen LogP contribution is -2.36. The van der Waals surface area contributed by atoms with Crippen LogP contribution < -0.4 is 15.1 Å². The summed E-state index contributed by atoms with van der Waals surface area (Å²) >= 11 is 0. The maximum absolute atomic E-state index is 11.4. The van der Waals surface area contributed by atoms with Gasteiger partial charge in [-0.05, 0) is 12.8 Å². The van der Waals surface area contributed by atoms with Crippen molar-refractivity contribution in [2.24, 2.45) is 5.92 Å². The first-order chi connectivity index (χ1) is 10.7. The lowest BCUT2D eigenvalue weighted by Gasteiger charge is -2.31. The Morgan fingerprint density at radius 1 is 1.14 bits per heavy atom. The van der Waals surface area contributed by atoms with Gasteiger partial charge in [0.25, 0.3) is 0 Å². The van der Waals surface area contributed by atoms with Gasteiger partial charge in [0.2, 0.25) is 5.91 Å². The Morgan fingerprint density at radius 3 is 2.59 bits per heavy atom. The molecule has 0 aromatic carbocycles. The van der Waals surface area contributed by atoms with Crippen molar-refractivity contribution < 1.29 is 9.90 Å². The molecule has 7 heteroatoms. The van der Waals surface area contributed by atoms with Crippen molar-refractivity contribution in [2.45, 2.75) is 31.4 Å². The first-order valence-corrected chi connectivity index (χ1v) is 7.98. The molecule has 0 radical (unpaired) electrons. The number of amides is 1. The van der Waals surface area contributed by atoms with E-state index in [-0.39, 0.29) is 18.1 Å². The van der Waals surface area contributed by atoms with Gasteiger partial charge in [-0.3, -0.25) is 4.79 Å². The standard InChI is InChI=1S/C15H21N5O2/c21-11-1-3-19(4-2-11)13-6-14(17-9-16-13)20-7-10-5-15(22)18-12(10)8-20/h6,9-12,21H,1-5,7-8H2,(H,18,22)/t10-,12+/m0/s1. The van der Waals surface area contributed by atoms with E-state index in [4.69, 9.17) is 0 Å². The Labute approximate surface area is 129 Å². The van der Waals surface area contributed by atoms with Crippen LogP contribution in [-0.2, 0) is 4.79 Å². The first kappa shape index (κ1) is 13.8. The van der Waals surface area contributed by atoms with E-state index >= 15 is 0 Å².